The summed E-state index contributed by atoms with van der Waals surface area (Å²) in [6, 6.07) is 13.3. The number of carbonyl (C=O) groups excluding carboxylic acids is 2. The van der Waals surface area contributed by atoms with Crippen LogP contribution < -0.4 is 4.90 Å². The number of fused-ring (bicyclic) bond motifs is 1. The number of hydrogen-bond acceptors (Lipinski definition) is 3. The number of rotatable bonds is 3. The lowest BCUT2D eigenvalue weighted by Gasteiger charge is -2.26. The first-order chi connectivity index (χ1) is 18.6. The van der Waals surface area contributed by atoms with Gasteiger partial charge in [0.2, 0.25) is 5.91 Å². The Kier molecular flexibility index (Phi) is 7.00. The summed E-state index contributed by atoms with van der Waals surface area (Å²) in [6.45, 7) is 0.350. The molecule has 3 heterocycles. The van der Waals surface area contributed by atoms with E-state index in [-0.39, 0.29) is 16.9 Å². The molecule has 0 bridgehead atoms. The molecule has 0 radical (unpaired) electrons. The van der Waals surface area contributed by atoms with E-state index in [1.807, 2.05) is 0 Å². The molecular formula is C28H25F5N4O2. The van der Waals surface area contributed by atoms with E-state index in [1.54, 1.807) is 18.2 Å². The summed E-state index contributed by atoms with van der Waals surface area (Å²) in [5, 5.41) is 0. The summed E-state index contributed by atoms with van der Waals surface area (Å²) in [5.41, 5.74) is -2.73. The predicted octanol–water partition coefficient (Wildman–Crippen LogP) is 5.97. The van der Waals surface area contributed by atoms with Crippen molar-refractivity contribution in [3.63, 3.8) is 0 Å². The van der Waals surface area contributed by atoms with E-state index in [4.69, 9.17) is 0 Å². The molecular weight excluding hydrogens is 519 g/mol. The summed E-state index contributed by atoms with van der Waals surface area (Å²) < 4.78 is 74.4. The quantitative estimate of drug-likeness (QED) is 0.302. The van der Waals surface area contributed by atoms with Crippen LogP contribution in [0.5, 0.6) is 0 Å². The van der Waals surface area contributed by atoms with Gasteiger partial charge in [0.1, 0.15) is 6.33 Å². The number of nitrogens with zero attached hydrogens (tertiary/aromatic N) is 4. The van der Waals surface area contributed by atoms with Crippen molar-refractivity contribution in [2.45, 2.75) is 37.8 Å². The summed E-state index contributed by atoms with van der Waals surface area (Å²) in [4.78, 5) is 32.7. The lowest BCUT2D eigenvalue weighted by Crippen LogP contribution is -2.35. The van der Waals surface area contributed by atoms with E-state index in [0.717, 1.165) is 41.1 Å². The predicted molar refractivity (Wildman–Crippen MR) is 135 cm³/mol. The SMILES string of the molecule is O=C(C=C1c2ccccc2N(C(=O)c2ncn(-c3ccccc3)c2C(F)(F)F)CCC1(F)F)N1CCCCC1. The number of benzene rings is 2. The molecule has 204 valence electrons. The van der Waals surface area contributed by atoms with Crippen molar-refractivity contribution in [3.05, 3.63) is 84.0 Å². The Labute approximate surface area is 221 Å². The summed E-state index contributed by atoms with van der Waals surface area (Å²) in [7, 11) is 0. The van der Waals surface area contributed by atoms with Crippen LogP contribution in [-0.4, -0.2) is 51.8 Å². The zero-order valence-corrected chi connectivity index (χ0v) is 20.8. The molecule has 39 heavy (non-hydrogen) atoms. The van der Waals surface area contributed by atoms with E-state index in [9.17, 15) is 22.8 Å². The number of imidazole rings is 1. The molecule has 2 aliphatic rings. The molecule has 5 rings (SSSR count). The van der Waals surface area contributed by atoms with Gasteiger partial charge >= 0.3 is 6.18 Å². The lowest BCUT2D eigenvalue weighted by molar-refractivity contribution is -0.142. The van der Waals surface area contributed by atoms with E-state index in [1.165, 1.54) is 41.3 Å². The van der Waals surface area contributed by atoms with Crippen LogP contribution in [0.1, 0.15) is 47.4 Å². The molecule has 1 fully saturated rings. The molecule has 1 aromatic heterocycles. The van der Waals surface area contributed by atoms with Gasteiger partial charge in [0, 0.05) is 49.0 Å². The molecule has 0 unspecified atom stereocenters. The van der Waals surface area contributed by atoms with Gasteiger partial charge in [-0.1, -0.05) is 36.4 Å². The highest BCUT2D eigenvalue weighted by atomic mass is 19.4. The fourth-order valence-electron chi connectivity index (χ4n) is 5.05. The van der Waals surface area contributed by atoms with Gasteiger partial charge in [-0.3, -0.25) is 14.2 Å². The highest BCUT2D eigenvalue weighted by Gasteiger charge is 2.45. The molecule has 3 aromatic rings. The molecule has 11 heteroatoms. The van der Waals surface area contributed by atoms with Crippen molar-refractivity contribution >= 4 is 23.1 Å². The van der Waals surface area contributed by atoms with Crippen LogP contribution in [0.4, 0.5) is 27.6 Å². The normalized spacial score (nSPS) is 18.5. The second-order valence-electron chi connectivity index (χ2n) is 9.52. The number of anilines is 1. The number of para-hydroxylation sites is 2. The van der Waals surface area contributed by atoms with E-state index < -0.39 is 53.8 Å². The second kappa shape index (κ2) is 10.3. The van der Waals surface area contributed by atoms with Gasteiger partial charge in [-0.05, 0) is 37.5 Å². The Bertz CT molecular complexity index is 1410. The fraction of sp³-hybridized carbons (Fsp3) is 0.321. The van der Waals surface area contributed by atoms with Crippen molar-refractivity contribution in [3.8, 4) is 5.69 Å². The van der Waals surface area contributed by atoms with Crippen molar-refractivity contribution < 1.29 is 31.5 Å². The third kappa shape index (κ3) is 5.17. The van der Waals surface area contributed by atoms with Crippen LogP contribution in [0.2, 0.25) is 0 Å². The summed E-state index contributed by atoms with van der Waals surface area (Å²) >= 11 is 0. The van der Waals surface area contributed by atoms with Crippen LogP contribution in [0.25, 0.3) is 11.3 Å². The maximum absolute atomic E-state index is 15.5. The summed E-state index contributed by atoms with van der Waals surface area (Å²) in [6.07, 6.45) is -1.53. The Morgan fingerprint density at radius 2 is 1.56 bits per heavy atom. The molecule has 0 atom stereocenters. The Morgan fingerprint density at radius 1 is 0.897 bits per heavy atom. The van der Waals surface area contributed by atoms with Gasteiger partial charge in [0.05, 0.1) is 5.69 Å². The molecule has 2 aliphatic heterocycles. The van der Waals surface area contributed by atoms with Gasteiger partial charge in [-0.2, -0.15) is 13.2 Å². The zero-order chi connectivity index (χ0) is 27.8. The van der Waals surface area contributed by atoms with E-state index in [2.05, 4.69) is 4.98 Å². The minimum absolute atomic E-state index is 0.0141. The number of allylic oxidation sites excluding steroid dienone is 1. The Morgan fingerprint density at radius 3 is 2.26 bits per heavy atom. The third-order valence-corrected chi connectivity index (χ3v) is 6.98. The highest BCUT2D eigenvalue weighted by molar-refractivity contribution is 6.08. The van der Waals surface area contributed by atoms with Crippen molar-refractivity contribution in [2.24, 2.45) is 0 Å². The molecule has 0 spiro atoms. The smallest absolute Gasteiger partial charge is 0.339 e. The molecule has 6 nitrogen and oxygen atoms in total. The van der Waals surface area contributed by atoms with E-state index in [0.29, 0.717) is 13.1 Å². The standard InChI is InChI=1S/C28H25F5N4O2/c29-27(30)13-16-36(22-12-6-5-11-20(22)21(27)17-23(38)35-14-7-2-8-15-35)26(39)24-25(28(31,32)33)37(18-34-24)19-9-3-1-4-10-19/h1,3-6,9-12,17-18H,2,7-8,13-16H2. The van der Waals surface area contributed by atoms with Gasteiger partial charge in [-0.15, -0.1) is 0 Å². The monoisotopic (exact) mass is 544 g/mol. The minimum atomic E-state index is -4.96. The number of alkyl halides is 5. The van der Waals surface area contributed by atoms with Gasteiger partial charge in [0.25, 0.3) is 11.8 Å². The first-order valence-electron chi connectivity index (χ1n) is 12.6. The topological polar surface area (TPSA) is 58.4 Å². The first-order valence-corrected chi connectivity index (χ1v) is 12.6. The number of amides is 2. The number of likely N-dealkylation sites (tertiary alicyclic amines) is 1. The van der Waals surface area contributed by atoms with Crippen LogP contribution in [0, 0.1) is 0 Å². The number of carbonyl (C=O) groups is 2. The van der Waals surface area contributed by atoms with Crippen molar-refractivity contribution in [1.29, 1.82) is 0 Å². The van der Waals surface area contributed by atoms with Crippen LogP contribution in [0.3, 0.4) is 0 Å². The molecule has 0 saturated carbocycles. The average molecular weight is 545 g/mol. The molecule has 0 aliphatic carbocycles. The zero-order valence-electron chi connectivity index (χ0n) is 20.8. The van der Waals surface area contributed by atoms with Crippen molar-refractivity contribution in [2.75, 3.05) is 24.5 Å². The Hall–Kier alpha value is -4.02. The maximum Gasteiger partial charge on any atom is 0.434 e. The van der Waals surface area contributed by atoms with E-state index >= 15 is 8.78 Å². The summed E-state index contributed by atoms with van der Waals surface area (Å²) in [5.74, 6) is -5.23. The lowest BCUT2D eigenvalue weighted by atomic mass is 9.96. The maximum atomic E-state index is 15.5. The minimum Gasteiger partial charge on any atom is -0.339 e. The van der Waals surface area contributed by atoms with Gasteiger partial charge in [-0.25, -0.2) is 13.8 Å². The number of halogens is 5. The van der Waals surface area contributed by atoms with Crippen molar-refractivity contribution in [1.82, 2.24) is 14.5 Å². The largest absolute Gasteiger partial charge is 0.434 e. The number of aromatic nitrogens is 2. The highest BCUT2D eigenvalue weighted by Crippen LogP contribution is 2.44. The number of piperidine rings is 1. The number of hydrogen-bond donors (Lipinski definition) is 0. The van der Waals surface area contributed by atoms with Gasteiger partial charge < -0.3 is 9.80 Å². The first kappa shape index (κ1) is 26.6. The average Bonchev–Trinajstić information content (AvgIpc) is 3.35. The van der Waals surface area contributed by atoms with Crippen LogP contribution in [0.15, 0.2) is 67.0 Å². The molecule has 0 N–H and O–H groups in total. The molecule has 2 amide bonds. The molecule has 2 aromatic carbocycles. The third-order valence-electron chi connectivity index (χ3n) is 6.98. The van der Waals surface area contributed by atoms with Gasteiger partial charge in [0.15, 0.2) is 11.4 Å². The van der Waals surface area contributed by atoms with Crippen LogP contribution in [-0.2, 0) is 11.0 Å². The molecule has 1 saturated heterocycles. The van der Waals surface area contributed by atoms with Crippen LogP contribution >= 0.6 is 0 Å². The second-order valence-corrected chi connectivity index (χ2v) is 9.52. The Balaban J connectivity index is 1.58. The fourth-order valence-corrected chi connectivity index (χ4v) is 5.05.